The number of carbonyl (C=O) groups is 1. The fraction of sp³-hybridized carbons (Fsp3) is 0.409. The molecule has 9 nitrogen and oxygen atoms in total. The van der Waals surface area contributed by atoms with Crippen LogP contribution >= 0.6 is 0 Å². The highest BCUT2D eigenvalue weighted by molar-refractivity contribution is 5.94. The van der Waals surface area contributed by atoms with Crippen LogP contribution < -0.4 is 15.5 Å². The Morgan fingerprint density at radius 2 is 2.09 bits per heavy atom. The van der Waals surface area contributed by atoms with Crippen LogP contribution in [0.2, 0.25) is 0 Å². The zero-order chi connectivity index (χ0) is 22.2. The average Bonchev–Trinajstić information content (AvgIpc) is 3.51. The van der Waals surface area contributed by atoms with Crippen LogP contribution in [0.25, 0.3) is 5.69 Å². The third-order valence-electron chi connectivity index (χ3n) is 6.27. The van der Waals surface area contributed by atoms with Crippen LogP contribution in [0.15, 0.2) is 30.7 Å². The zero-order valence-corrected chi connectivity index (χ0v) is 18.0. The molecule has 2 aromatic heterocycles. The van der Waals surface area contributed by atoms with E-state index in [2.05, 4.69) is 37.6 Å². The Hall–Kier alpha value is -3.56. The van der Waals surface area contributed by atoms with Crippen molar-refractivity contribution < 1.29 is 9.18 Å². The van der Waals surface area contributed by atoms with Crippen molar-refractivity contribution >= 4 is 23.4 Å². The number of carbonyl (C=O) groups excluding carboxylic acids is 1. The summed E-state index contributed by atoms with van der Waals surface area (Å²) in [6.45, 7) is 2.14. The third kappa shape index (κ3) is 3.35. The summed E-state index contributed by atoms with van der Waals surface area (Å²) in [5.74, 6) is 1.10. The lowest BCUT2D eigenvalue weighted by Crippen LogP contribution is -2.42. The van der Waals surface area contributed by atoms with E-state index >= 15 is 0 Å². The molecule has 1 atom stereocenters. The number of amides is 1. The SMILES string of the molecule is CCC1c2nncn2-c2cnc(Nc3ccc(C(=O)NC)cc3F)nc2N1C1CCCC1. The van der Waals surface area contributed by atoms with Crippen LogP contribution in [-0.4, -0.2) is 43.7 Å². The lowest BCUT2D eigenvalue weighted by atomic mass is 10.0. The number of nitrogens with one attached hydrogen (secondary N) is 2. The molecule has 1 aromatic carbocycles. The van der Waals surface area contributed by atoms with E-state index in [-0.39, 0.29) is 23.2 Å². The molecule has 5 rings (SSSR count). The second kappa shape index (κ2) is 8.18. The highest BCUT2D eigenvalue weighted by Crippen LogP contribution is 2.42. The van der Waals surface area contributed by atoms with E-state index in [1.54, 1.807) is 18.6 Å². The van der Waals surface area contributed by atoms with Crippen molar-refractivity contribution in [2.45, 2.75) is 51.1 Å². The summed E-state index contributed by atoms with van der Waals surface area (Å²) >= 11 is 0. The third-order valence-corrected chi connectivity index (χ3v) is 6.27. The number of hydrogen-bond acceptors (Lipinski definition) is 7. The monoisotopic (exact) mass is 436 g/mol. The highest BCUT2D eigenvalue weighted by atomic mass is 19.1. The van der Waals surface area contributed by atoms with Gasteiger partial charge in [0.2, 0.25) is 5.95 Å². The van der Waals surface area contributed by atoms with E-state index in [9.17, 15) is 9.18 Å². The molecule has 1 amide bonds. The van der Waals surface area contributed by atoms with Crippen molar-refractivity contribution in [1.29, 1.82) is 0 Å². The molecular formula is C22H25FN8O. The summed E-state index contributed by atoms with van der Waals surface area (Å²) in [7, 11) is 1.51. The molecule has 0 radical (unpaired) electrons. The predicted octanol–water partition coefficient (Wildman–Crippen LogP) is 3.51. The Morgan fingerprint density at radius 1 is 1.28 bits per heavy atom. The summed E-state index contributed by atoms with van der Waals surface area (Å²) in [4.78, 5) is 23.3. The van der Waals surface area contributed by atoms with Crippen LogP contribution in [0, 0.1) is 5.82 Å². The van der Waals surface area contributed by atoms with Gasteiger partial charge in [0.05, 0.1) is 17.9 Å². The standard InChI is InChI=1S/C22H25FN8O/c1-3-17-20-29-26-12-30(20)18-11-25-22(28-19(18)31(17)14-6-4-5-7-14)27-16-9-8-13(10-15(16)23)21(32)24-2/h8-12,14,17H,3-7H2,1-2H3,(H,24,32)(H,25,27,28). The molecule has 166 valence electrons. The molecule has 32 heavy (non-hydrogen) atoms. The van der Waals surface area contributed by atoms with Crippen LogP contribution in [0.1, 0.15) is 61.3 Å². The number of aromatic nitrogens is 5. The first-order valence-corrected chi connectivity index (χ1v) is 10.9. The van der Waals surface area contributed by atoms with Gasteiger partial charge < -0.3 is 15.5 Å². The van der Waals surface area contributed by atoms with Crippen LogP contribution in [0.4, 0.5) is 21.8 Å². The molecule has 0 saturated heterocycles. The molecule has 1 aliphatic carbocycles. The van der Waals surface area contributed by atoms with Gasteiger partial charge in [-0.2, -0.15) is 4.98 Å². The molecule has 0 spiro atoms. The van der Waals surface area contributed by atoms with Gasteiger partial charge in [0.15, 0.2) is 11.6 Å². The van der Waals surface area contributed by atoms with Crippen molar-refractivity contribution in [2.75, 3.05) is 17.3 Å². The van der Waals surface area contributed by atoms with Gasteiger partial charge >= 0.3 is 0 Å². The second-order valence-corrected chi connectivity index (χ2v) is 8.13. The maximum Gasteiger partial charge on any atom is 0.251 e. The Morgan fingerprint density at radius 3 is 2.81 bits per heavy atom. The number of rotatable bonds is 5. The van der Waals surface area contributed by atoms with E-state index < -0.39 is 5.82 Å². The number of anilines is 3. The van der Waals surface area contributed by atoms with Gasteiger partial charge in [-0.1, -0.05) is 19.8 Å². The Kier molecular flexibility index (Phi) is 5.20. The Labute approximate surface area is 185 Å². The lowest BCUT2D eigenvalue weighted by Gasteiger charge is -2.40. The van der Waals surface area contributed by atoms with Crippen molar-refractivity contribution in [3.05, 3.63) is 47.9 Å². The Balaban J connectivity index is 1.53. The zero-order valence-electron chi connectivity index (χ0n) is 18.0. The smallest absolute Gasteiger partial charge is 0.251 e. The largest absolute Gasteiger partial charge is 0.355 e. The molecule has 0 bridgehead atoms. The van der Waals surface area contributed by atoms with Crippen molar-refractivity contribution in [2.24, 2.45) is 0 Å². The number of halogens is 1. The first-order chi connectivity index (χ1) is 15.6. The number of nitrogens with zero attached hydrogens (tertiary/aromatic N) is 6. The van der Waals surface area contributed by atoms with Crippen LogP contribution in [0.3, 0.4) is 0 Å². The van der Waals surface area contributed by atoms with E-state index in [1.807, 2.05) is 4.57 Å². The van der Waals surface area contributed by atoms with Gasteiger partial charge in [-0.25, -0.2) is 9.37 Å². The summed E-state index contributed by atoms with van der Waals surface area (Å²) in [5, 5.41) is 14.0. The number of hydrogen-bond donors (Lipinski definition) is 2. The van der Waals surface area contributed by atoms with Crippen LogP contribution in [-0.2, 0) is 0 Å². The van der Waals surface area contributed by atoms with E-state index in [0.29, 0.717) is 12.0 Å². The molecule has 2 aliphatic rings. The average molecular weight is 436 g/mol. The Bertz CT molecular complexity index is 1160. The van der Waals surface area contributed by atoms with Gasteiger partial charge in [-0.3, -0.25) is 9.36 Å². The molecular weight excluding hydrogens is 411 g/mol. The minimum atomic E-state index is -0.549. The highest BCUT2D eigenvalue weighted by Gasteiger charge is 2.38. The molecule has 1 fully saturated rings. The second-order valence-electron chi connectivity index (χ2n) is 8.13. The fourth-order valence-corrected chi connectivity index (χ4v) is 4.73. The minimum absolute atomic E-state index is 0.0689. The van der Waals surface area contributed by atoms with Crippen LogP contribution in [0.5, 0.6) is 0 Å². The fourth-order valence-electron chi connectivity index (χ4n) is 4.73. The van der Waals surface area contributed by atoms with Gasteiger partial charge in [0.25, 0.3) is 5.91 Å². The first kappa shape index (κ1) is 20.3. The quantitative estimate of drug-likeness (QED) is 0.631. The molecule has 1 saturated carbocycles. The van der Waals surface area contributed by atoms with Crippen molar-refractivity contribution in [1.82, 2.24) is 30.0 Å². The topological polar surface area (TPSA) is 101 Å². The number of benzene rings is 1. The minimum Gasteiger partial charge on any atom is -0.355 e. The van der Waals surface area contributed by atoms with Crippen molar-refractivity contribution in [3.8, 4) is 5.69 Å². The summed E-state index contributed by atoms with van der Waals surface area (Å²) in [6.07, 6.45) is 8.88. The van der Waals surface area contributed by atoms with Gasteiger partial charge in [-0.15, -0.1) is 10.2 Å². The maximum atomic E-state index is 14.6. The summed E-state index contributed by atoms with van der Waals surface area (Å²) < 4.78 is 16.6. The predicted molar refractivity (Wildman–Crippen MR) is 118 cm³/mol. The van der Waals surface area contributed by atoms with E-state index in [1.165, 1.54) is 32.0 Å². The summed E-state index contributed by atoms with van der Waals surface area (Å²) in [6, 6.07) is 4.71. The van der Waals surface area contributed by atoms with Crippen molar-refractivity contribution in [3.63, 3.8) is 0 Å². The molecule has 1 unspecified atom stereocenters. The summed E-state index contributed by atoms with van der Waals surface area (Å²) in [5.41, 5.74) is 1.28. The molecule has 3 heterocycles. The van der Waals surface area contributed by atoms with E-state index in [0.717, 1.165) is 36.6 Å². The van der Waals surface area contributed by atoms with Gasteiger partial charge in [-0.05, 0) is 37.5 Å². The molecule has 3 aromatic rings. The molecule has 1 aliphatic heterocycles. The van der Waals surface area contributed by atoms with Gasteiger partial charge in [0, 0.05) is 18.7 Å². The van der Waals surface area contributed by atoms with E-state index in [4.69, 9.17) is 4.98 Å². The number of fused-ring (bicyclic) bond motifs is 3. The molecule has 10 heteroatoms. The van der Waals surface area contributed by atoms with Gasteiger partial charge in [0.1, 0.15) is 17.8 Å². The maximum absolute atomic E-state index is 14.6. The molecule has 2 N–H and O–H groups in total. The first-order valence-electron chi connectivity index (χ1n) is 10.9. The lowest BCUT2D eigenvalue weighted by molar-refractivity contribution is 0.0962. The normalized spacial score (nSPS) is 17.7.